The monoisotopic (exact) mass is 420 g/mol. The first-order valence-electron chi connectivity index (χ1n) is 12.3. The Morgan fingerprint density at radius 1 is 1.03 bits per heavy atom. The van der Waals surface area contributed by atoms with Crippen LogP contribution >= 0.6 is 0 Å². The molecule has 0 aromatic heterocycles. The van der Waals surface area contributed by atoms with Crippen LogP contribution in [0.1, 0.15) is 103 Å². The Labute approximate surface area is 183 Å². The molecule has 0 spiro atoms. The van der Waals surface area contributed by atoms with E-state index in [1.807, 2.05) is 19.1 Å². The number of carboxylic acid groups (broad SMARTS) is 1. The molecule has 0 aliphatic heterocycles. The van der Waals surface area contributed by atoms with Gasteiger partial charge in [-0.3, -0.25) is 4.79 Å². The summed E-state index contributed by atoms with van der Waals surface area (Å²) in [6.07, 6.45) is 23.6. The molecule has 2 saturated carbocycles. The highest BCUT2D eigenvalue weighted by molar-refractivity contribution is 5.66. The summed E-state index contributed by atoms with van der Waals surface area (Å²) in [7, 11) is 0. The van der Waals surface area contributed by atoms with Crippen LogP contribution in [-0.2, 0) is 4.79 Å². The summed E-state index contributed by atoms with van der Waals surface area (Å²) in [5.74, 6) is 0.708. The van der Waals surface area contributed by atoms with Crippen molar-refractivity contribution in [3.63, 3.8) is 0 Å². The fourth-order valence-corrected chi connectivity index (χ4v) is 5.20. The molecule has 2 aliphatic rings. The van der Waals surface area contributed by atoms with Gasteiger partial charge in [0.1, 0.15) is 0 Å². The molecule has 2 aliphatic carbocycles. The first-order chi connectivity index (χ1) is 14.4. The van der Waals surface area contributed by atoms with Crippen molar-refractivity contribution in [3.8, 4) is 0 Å². The van der Waals surface area contributed by atoms with Gasteiger partial charge in [-0.05, 0) is 63.2 Å². The maximum absolute atomic E-state index is 10.7. The summed E-state index contributed by atoms with van der Waals surface area (Å²) in [5, 5.41) is 29.8. The first-order valence-corrected chi connectivity index (χ1v) is 12.3. The van der Waals surface area contributed by atoms with Gasteiger partial charge in [0.15, 0.2) is 0 Å². The van der Waals surface area contributed by atoms with Crippen LogP contribution in [0.15, 0.2) is 24.3 Å². The molecular formula is C26H44O4. The minimum atomic E-state index is -0.766. The zero-order valence-electron chi connectivity index (χ0n) is 19.0. The summed E-state index contributed by atoms with van der Waals surface area (Å²) in [6, 6.07) is 0. The first kappa shape index (κ1) is 25.1. The number of carboxylic acids is 1. The van der Waals surface area contributed by atoms with Crippen LogP contribution < -0.4 is 0 Å². The van der Waals surface area contributed by atoms with E-state index in [9.17, 15) is 15.0 Å². The van der Waals surface area contributed by atoms with Crippen LogP contribution in [0.25, 0.3) is 0 Å². The molecule has 3 N–H and O–H groups in total. The van der Waals surface area contributed by atoms with Crippen molar-refractivity contribution < 1.29 is 20.1 Å². The Morgan fingerprint density at radius 3 is 2.53 bits per heavy atom. The van der Waals surface area contributed by atoms with Crippen molar-refractivity contribution in [1.29, 1.82) is 0 Å². The highest BCUT2D eigenvalue weighted by Crippen LogP contribution is 2.36. The molecule has 0 saturated heterocycles. The quantitative estimate of drug-likeness (QED) is 0.237. The molecule has 4 heteroatoms. The number of hydrogen-bond donors (Lipinski definition) is 3. The zero-order valence-corrected chi connectivity index (χ0v) is 19.0. The topological polar surface area (TPSA) is 77.8 Å². The van der Waals surface area contributed by atoms with Crippen molar-refractivity contribution in [2.45, 2.75) is 115 Å². The number of allylic oxidation sites excluding steroid dienone is 3. The van der Waals surface area contributed by atoms with Gasteiger partial charge >= 0.3 is 5.97 Å². The maximum atomic E-state index is 10.7. The average Bonchev–Trinajstić information content (AvgIpc) is 3.32. The summed E-state index contributed by atoms with van der Waals surface area (Å²) < 4.78 is 0. The number of aliphatic hydroxyl groups excluding tert-OH is 1. The molecule has 30 heavy (non-hydrogen) atoms. The van der Waals surface area contributed by atoms with Gasteiger partial charge < -0.3 is 15.3 Å². The molecule has 0 aromatic carbocycles. The molecule has 1 unspecified atom stereocenters. The second-order valence-corrected chi connectivity index (χ2v) is 9.93. The predicted octanol–water partition coefficient (Wildman–Crippen LogP) is 6.02. The van der Waals surface area contributed by atoms with E-state index in [-0.39, 0.29) is 18.4 Å². The molecule has 0 radical (unpaired) electrons. The molecule has 4 atom stereocenters. The fraction of sp³-hybridized carbons (Fsp3) is 0.808. The number of rotatable bonds is 14. The number of aliphatic hydroxyl groups is 2. The normalized spacial score (nSPS) is 27.4. The van der Waals surface area contributed by atoms with Crippen LogP contribution in [0.2, 0.25) is 0 Å². The molecule has 0 aromatic rings. The van der Waals surface area contributed by atoms with Gasteiger partial charge in [0.2, 0.25) is 0 Å². The summed E-state index contributed by atoms with van der Waals surface area (Å²) >= 11 is 0. The minimum Gasteiger partial charge on any atom is -0.481 e. The van der Waals surface area contributed by atoms with Crippen molar-refractivity contribution >= 4 is 5.97 Å². The standard InChI is InChI=1S/C26H44O4/c1-26(30,19-10-4-5-11-21-12-8-9-13-21)20-18-22-16-17-24(27)23(22)14-6-2-3-7-15-25(28)29/h2,6,18,20-24,27,30H,3-5,7-17,19H2,1H3,(H,28,29)/b6-2-,20-18+/t22-,23-,24+,26?/m1/s1. The number of hydrogen-bond acceptors (Lipinski definition) is 3. The van der Waals surface area contributed by atoms with Crippen LogP contribution in [0.3, 0.4) is 0 Å². The molecule has 4 nitrogen and oxygen atoms in total. The highest BCUT2D eigenvalue weighted by Gasteiger charge is 2.32. The summed E-state index contributed by atoms with van der Waals surface area (Å²) in [4.78, 5) is 10.5. The van der Waals surface area contributed by atoms with Gasteiger partial charge in [-0.1, -0.05) is 75.7 Å². The smallest absolute Gasteiger partial charge is 0.303 e. The van der Waals surface area contributed by atoms with E-state index in [1.54, 1.807) is 0 Å². The SMILES string of the molecule is CC(O)(/C=C/[C@H]1CC[C@H](O)[C@@H]1C/C=C\CCCC(=O)O)CCCCCC1CCCC1. The molecule has 0 heterocycles. The van der Waals surface area contributed by atoms with E-state index in [0.717, 1.165) is 44.4 Å². The lowest BCUT2D eigenvalue weighted by atomic mass is 9.88. The molecule has 0 amide bonds. The molecule has 2 rings (SSSR count). The van der Waals surface area contributed by atoms with Crippen molar-refractivity contribution in [2.75, 3.05) is 0 Å². The van der Waals surface area contributed by atoms with E-state index in [1.165, 1.54) is 44.9 Å². The average molecular weight is 421 g/mol. The van der Waals surface area contributed by atoms with Gasteiger partial charge in [-0.25, -0.2) is 0 Å². The third-order valence-corrected chi connectivity index (χ3v) is 7.15. The Balaban J connectivity index is 1.67. The second kappa shape index (κ2) is 13.3. The Morgan fingerprint density at radius 2 is 1.80 bits per heavy atom. The molecule has 172 valence electrons. The van der Waals surface area contributed by atoms with Crippen molar-refractivity contribution in [1.82, 2.24) is 0 Å². The minimum absolute atomic E-state index is 0.194. The van der Waals surface area contributed by atoms with Gasteiger partial charge in [0.25, 0.3) is 0 Å². The van der Waals surface area contributed by atoms with E-state index in [0.29, 0.717) is 12.3 Å². The number of carbonyl (C=O) groups is 1. The summed E-state index contributed by atoms with van der Waals surface area (Å²) in [5.41, 5.74) is -0.766. The third kappa shape index (κ3) is 9.78. The van der Waals surface area contributed by atoms with Crippen LogP contribution in [0.4, 0.5) is 0 Å². The lowest BCUT2D eigenvalue weighted by Gasteiger charge is -2.22. The number of aliphatic carboxylic acids is 1. The second-order valence-electron chi connectivity index (χ2n) is 9.93. The zero-order chi connectivity index (χ0) is 21.8. The Kier molecular flexibility index (Phi) is 11.2. The van der Waals surface area contributed by atoms with Gasteiger partial charge in [0, 0.05) is 6.42 Å². The largest absolute Gasteiger partial charge is 0.481 e. The molecular weight excluding hydrogens is 376 g/mol. The molecule has 0 bridgehead atoms. The fourth-order valence-electron chi connectivity index (χ4n) is 5.20. The van der Waals surface area contributed by atoms with E-state index < -0.39 is 11.6 Å². The Bertz CT molecular complexity index is 545. The van der Waals surface area contributed by atoms with E-state index >= 15 is 0 Å². The third-order valence-electron chi connectivity index (χ3n) is 7.15. The lowest BCUT2D eigenvalue weighted by molar-refractivity contribution is -0.137. The number of unbranched alkanes of at least 4 members (excludes halogenated alkanes) is 3. The summed E-state index contributed by atoms with van der Waals surface area (Å²) in [6.45, 7) is 1.91. The van der Waals surface area contributed by atoms with Gasteiger partial charge in [-0.15, -0.1) is 0 Å². The Hall–Kier alpha value is -1.13. The van der Waals surface area contributed by atoms with Crippen molar-refractivity contribution in [3.05, 3.63) is 24.3 Å². The lowest BCUT2D eigenvalue weighted by Crippen LogP contribution is -2.22. The van der Waals surface area contributed by atoms with Crippen LogP contribution in [0, 0.1) is 17.8 Å². The maximum Gasteiger partial charge on any atom is 0.303 e. The molecule has 2 fully saturated rings. The van der Waals surface area contributed by atoms with E-state index in [2.05, 4.69) is 12.2 Å². The van der Waals surface area contributed by atoms with Gasteiger partial charge in [-0.2, -0.15) is 0 Å². The van der Waals surface area contributed by atoms with E-state index in [4.69, 9.17) is 5.11 Å². The highest BCUT2D eigenvalue weighted by atomic mass is 16.4. The van der Waals surface area contributed by atoms with Crippen LogP contribution in [0.5, 0.6) is 0 Å². The predicted molar refractivity (Wildman–Crippen MR) is 122 cm³/mol. The van der Waals surface area contributed by atoms with Gasteiger partial charge in [0.05, 0.1) is 11.7 Å². The van der Waals surface area contributed by atoms with Crippen molar-refractivity contribution in [2.24, 2.45) is 17.8 Å². The van der Waals surface area contributed by atoms with Crippen LogP contribution in [-0.4, -0.2) is 33.0 Å².